The number of nitrogens with zero attached hydrogens (tertiary/aromatic N) is 2. The molecule has 0 fully saturated rings. The molecule has 2 N–H and O–H groups in total. The average Bonchev–Trinajstić information content (AvgIpc) is 3.26. The maximum atomic E-state index is 14.7. The van der Waals surface area contributed by atoms with E-state index in [1.165, 1.54) is 31.4 Å². The summed E-state index contributed by atoms with van der Waals surface area (Å²) < 4.78 is 49.0. The van der Waals surface area contributed by atoms with Crippen molar-refractivity contribution in [3.05, 3.63) is 77.6 Å². The van der Waals surface area contributed by atoms with Crippen LogP contribution in [-0.2, 0) is 6.54 Å². The van der Waals surface area contributed by atoms with Crippen molar-refractivity contribution in [2.45, 2.75) is 18.5 Å². The SMILES string of the molecule is COc1cc(F)c([C@@H]2Cn3ccnc3[C@H]2NC(=O)Nc2ccc(F)cc2)c(F)c1. The first-order valence-corrected chi connectivity index (χ1v) is 8.83. The fraction of sp³-hybridized carbons (Fsp3) is 0.200. The molecule has 0 unspecified atom stereocenters. The molecule has 0 saturated carbocycles. The Balaban J connectivity index is 1.61. The van der Waals surface area contributed by atoms with Crippen LogP contribution in [0.2, 0.25) is 0 Å². The van der Waals surface area contributed by atoms with Crippen LogP contribution in [0.3, 0.4) is 0 Å². The fourth-order valence-electron chi connectivity index (χ4n) is 3.55. The molecule has 150 valence electrons. The van der Waals surface area contributed by atoms with E-state index in [9.17, 15) is 18.0 Å². The Morgan fingerprint density at radius 2 is 1.86 bits per heavy atom. The molecule has 29 heavy (non-hydrogen) atoms. The lowest BCUT2D eigenvalue weighted by atomic mass is 9.92. The first-order chi connectivity index (χ1) is 14.0. The second-order valence-corrected chi connectivity index (χ2v) is 6.63. The number of imidazole rings is 1. The number of rotatable bonds is 4. The maximum absolute atomic E-state index is 14.7. The largest absolute Gasteiger partial charge is 0.497 e. The number of hydrogen-bond donors (Lipinski definition) is 2. The number of methoxy groups -OCH3 is 1. The summed E-state index contributed by atoms with van der Waals surface area (Å²) in [6, 6.07) is 6.09. The van der Waals surface area contributed by atoms with Crippen LogP contribution in [0.15, 0.2) is 48.8 Å². The normalized spacial score (nSPS) is 17.7. The number of halogens is 3. The van der Waals surface area contributed by atoms with Crippen molar-refractivity contribution >= 4 is 11.7 Å². The number of carbonyl (C=O) groups excluding carboxylic acids is 1. The molecule has 0 spiro atoms. The molecular weight excluding hydrogens is 385 g/mol. The Kier molecular flexibility index (Phi) is 4.87. The molecule has 1 aliphatic rings. The van der Waals surface area contributed by atoms with Gasteiger partial charge in [0.25, 0.3) is 0 Å². The highest BCUT2D eigenvalue weighted by Gasteiger charge is 2.39. The van der Waals surface area contributed by atoms with Crippen LogP contribution in [0.25, 0.3) is 0 Å². The monoisotopic (exact) mass is 402 g/mol. The van der Waals surface area contributed by atoms with Crippen molar-refractivity contribution in [1.82, 2.24) is 14.9 Å². The van der Waals surface area contributed by atoms with Gasteiger partial charge in [-0.05, 0) is 24.3 Å². The summed E-state index contributed by atoms with van der Waals surface area (Å²) in [4.78, 5) is 16.7. The van der Waals surface area contributed by atoms with Crippen molar-refractivity contribution in [3.8, 4) is 5.75 Å². The highest BCUT2D eigenvalue weighted by atomic mass is 19.1. The number of benzene rings is 2. The molecular formula is C20H17F3N4O2. The lowest BCUT2D eigenvalue weighted by molar-refractivity contribution is 0.246. The van der Waals surface area contributed by atoms with Gasteiger partial charge in [-0.25, -0.2) is 22.9 Å². The summed E-state index contributed by atoms with van der Waals surface area (Å²) in [6.45, 7) is 0.247. The smallest absolute Gasteiger partial charge is 0.319 e. The third-order valence-corrected chi connectivity index (χ3v) is 4.87. The van der Waals surface area contributed by atoms with Crippen molar-refractivity contribution in [2.75, 3.05) is 12.4 Å². The van der Waals surface area contributed by atoms with E-state index in [4.69, 9.17) is 4.74 Å². The first kappa shape index (κ1) is 18.9. The molecule has 0 saturated heterocycles. The Hall–Kier alpha value is -3.49. The predicted molar refractivity (Wildman–Crippen MR) is 99.2 cm³/mol. The van der Waals surface area contributed by atoms with Gasteiger partial charge in [0.2, 0.25) is 0 Å². The standard InChI is InChI=1S/C20H17F3N4O2/c1-29-13-8-15(22)17(16(23)9-13)14-10-27-7-6-24-19(27)18(14)26-20(28)25-12-4-2-11(21)3-5-12/h2-9,14,18H,10H2,1H3,(H2,25,26,28)/t14-,18-/m0/s1. The number of nitrogens with one attached hydrogen (secondary N) is 2. The molecule has 2 aromatic carbocycles. The molecule has 2 atom stereocenters. The van der Waals surface area contributed by atoms with Gasteiger partial charge in [-0.15, -0.1) is 0 Å². The zero-order valence-corrected chi connectivity index (χ0v) is 15.3. The van der Waals surface area contributed by atoms with E-state index >= 15 is 0 Å². The molecule has 0 bridgehead atoms. The van der Waals surface area contributed by atoms with Gasteiger partial charge in [-0.2, -0.15) is 0 Å². The Labute approximate surface area is 164 Å². The van der Waals surface area contributed by atoms with Crippen molar-refractivity contribution in [2.24, 2.45) is 0 Å². The van der Waals surface area contributed by atoms with Crippen LogP contribution in [0.4, 0.5) is 23.7 Å². The van der Waals surface area contributed by atoms with Gasteiger partial charge in [-0.1, -0.05) is 0 Å². The number of ether oxygens (including phenoxy) is 1. The van der Waals surface area contributed by atoms with Crippen LogP contribution in [0.1, 0.15) is 23.3 Å². The third kappa shape index (κ3) is 3.63. The topological polar surface area (TPSA) is 68.2 Å². The summed E-state index contributed by atoms with van der Waals surface area (Å²) in [5.74, 6) is -2.11. The van der Waals surface area contributed by atoms with Crippen LogP contribution >= 0.6 is 0 Å². The minimum atomic E-state index is -0.761. The molecule has 4 rings (SSSR count). The van der Waals surface area contributed by atoms with E-state index in [2.05, 4.69) is 15.6 Å². The zero-order chi connectivity index (χ0) is 20.5. The van der Waals surface area contributed by atoms with E-state index < -0.39 is 35.4 Å². The lowest BCUT2D eigenvalue weighted by Crippen LogP contribution is -2.35. The van der Waals surface area contributed by atoms with E-state index in [0.29, 0.717) is 11.5 Å². The highest BCUT2D eigenvalue weighted by molar-refractivity contribution is 5.89. The Morgan fingerprint density at radius 1 is 1.17 bits per heavy atom. The van der Waals surface area contributed by atoms with Gasteiger partial charge >= 0.3 is 6.03 Å². The number of aromatic nitrogens is 2. The van der Waals surface area contributed by atoms with Crippen LogP contribution in [0, 0.1) is 17.5 Å². The average molecular weight is 402 g/mol. The molecule has 2 heterocycles. The highest BCUT2D eigenvalue weighted by Crippen LogP contribution is 2.41. The van der Waals surface area contributed by atoms with Gasteiger partial charge in [0.15, 0.2) is 0 Å². The number of anilines is 1. The number of carbonyl (C=O) groups is 1. The minimum Gasteiger partial charge on any atom is -0.497 e. The van der Waals surface area contributed by atoms with E-state index in [-0.39, 0.29) is 17.9 Å². The minimum absolute atomic E-state index is 0.0676. The number of hydrogen-bond acceptors (Lipinski definition) is 3. The van der Waals surface area contributed by atoms with Crippen LogP contribution in [-0.4, -0.2) is 22.7 Å². The summed E-state index contributed by atoms with van der Waals surface area (Å²) in [5.41, 5.74) is 0.229. The van der Waals surface area contributed by atoms with E-state index in [1.807, 2.05) is 0 Å². The second-order valence-electron chi connectivity index (χ2n) is 6.63. The van der Waals surface area contributed by atoms with E-state index in [0.717, 1.165) is 12.1 Å². The van der Waals surface area contributed by atoms with Gasteiger partial charge in [-0.3, -0.25) is 0 Å². The van der Waals surface area contributed by atoms with Gasteiger partial charge < -0.3 is 19.9 Å². The molecule has 6 nitrogen and oxygen atoms in total. The van der Waals surface area contributed by atoms with Gasteiger partial charge in [0, 0.05) is 48.2 Å². The first-order valence-electron chi connectivity index (χ1n) is 8.83. The molecule has 2 amide bonds. The second kappa shape index (κ2) is 7.50. The summed E-state index contributed by atoms with van der Waals surface area (Å²) >= 11 is 0. The summed E-state index contributed by atoms with van der Waals surface area (Å²) in [6.07, 6.45) is 3.24. The fourth-order valence-corrected chi connectivity index (χ4v) is 3.55. The molecule has 3 aromatic rings. The predicted octanol–water partition coefficient (Wildman–Crippen LogP) is 3.97. The quantitative estimate of drug-likeness (QED) is 0.694. The van der Waals surface area contributed by atoms with Crippen molar-refractivity contribution < 1.29 is 22.7 Å². The molecule has 0 aliphatic carbocycles. The molecule has 9 heteroatoms. The molecule has 1 aromatic heterocycles. The van der Waals surface area contributed by atoms with Crippen molar-refractivity contribution in [1.29, 1.82) is 0 Å². The zero-order valence-electron chi connectivity index (χ0n) is 15.3. The lowest BCUT2D eigenvalue weighted by Gasteiger charge is -2.22. The number of amides is 2. The van der Waals surface area contributed by atoms with Crippen LogP contribution in [0.5, 0.6) is 5.75 Å². The summed E-state index contributed by atoms with van der Waals surface area (Å²) in [5, 5.41) is 5.30. The third-order valence-electron chi connectivity index (χ3n) is 4.87. The number of urea groups is 1. The van der Waals surface area contributed by atoms with Gasteiger partial charge in [0.1, 0.15) is 29.0 Å². The maximum Gasteiger partial charge on any atom is 0.319 e. The Morgan fingerprint density at radius 3 is 2.52 bits per heavy atom. The number of fused-ring (bicyclic) bond motifs is 1. The van der Waals surface area contributed by atoms with E-state index in [1.54, 1.807) is 17.0 Å². The van der Waals surface area contributed by atoms with Crippen LogP contribution < -0.4 is 15.4 Å². The Bertz CT molecular complexity index is 1030. The van der Waals surface area contributed by atoms with Crippen molar-refractivity contribution in [3.63, 3.8) is 0 Å². The summed E-state index contributed by atoms with van der Waals surface area (Å²) in [7, 11) is 1.32. The van der Waals surface area contributed by atoms with Gasteiger partial charge in [0.05, 0.1) is 13.2 Å². The molecule has 0 radical (unpaired) electrons. The molecule has 1 aliphatic heterocycles.